The standard InChI is InChI=1S/C13H9BrN4O2/c1-7-15-6-10-11(13(19)20)17-18(12(10)16-7)9-4-2-3-8(14)5-9/h2-6H,1H3,(H,19,20). The van der Waals surface area contributed by atoms with Crippen LogP contribution in [0.3, 0.4) is 0 Å². The molecule has 0 saturated heterocycles. The largest absolute Gasteiger partial charge is 0.476 e. The molecule has 0 atom stereocenters. The summed E-state index contributed by atoms with van der Waals surface area (Å²) >= 11 is 3.38. The minimum Gasteiger partial charge on any atom is -0.476 e. The quantitative estimate of drug-likeness (QED) is 0.780. The third kappa shape index (κ3) is 2.05. The summed E-state index contributed by atoms with van der Waals surface area (Å²) in [5, 5.41) is 13.8. The SMILES string of the molecule is Cc1ncc2c(C(=O)O)nn(-c3cccc(Br)c3)c2n1. The average Bonchev–Trinajstić information content (AvgIpc) is 2.77. The lowest BCUT2D eigenvalue weighted by atomic mass is 10.3. The maximum absolute atomic E-state index is 11.3. The Hall–Kier alpha value is -2.28. The number of carbonyl (C=O) groups is 1. The van der Waals surface area contributed by atoms with Crippen LogP contribution in [0, 0.1) is 6.92 Å². The first-order valence-corrected chi connectivity index (χ1v) is 6.57. The molecule has 0 saturated carbocycles. The summed E-state index contributed by atoms with van der Waals surface area (Å²) in [4.78, 5) is 19.6. The molecule has 0 bridgehead atoms. The van der Waals surface area contributed by atoms with Crippen LogP contribution in [-0.2, 0) is 0 Å². The van der Waals surface area contributed by atoms with E-state index in [1.807, 2.05) is 24.3 Å². The summed E-state index contributed by atoms with van der Waals surface area (Å²) in [7, 11) is 0. The van der Waals surface area contributed by atoms with Crippen molar-refractivity contribution in [2.24, 2.45) is 0 Å². The van der Waals surface area contributed by atoms with E-state index >= 15 is 0 Å². The van der Waals surface area contributed by atoms with Gasteiger partial charge in [0.15, 0.2) is 11.3 Å². The highest BCUT2D eigenvalue weighted by atomic mass is 79.9. The lowest BCUT2D eigenvalue weighted by Crippen LogP contribution is -2.01. The van der Waals surface area contributed by atoms with Crippen LogP contribution in [0.1, 0.15) is 16.3 Å². The number of rotatable bonds is 2. The lowest BCUT2D eigenvalue weighted by Gasteiger charge is -2.03. The minimum atomic E-state index is -1.10. The summed E-state index contributed by atoms with van der Waals surface area (Å²) in [6, 6.07) is 7.41. The number of aromatic carboxylic acids is 1. The van der Waals surface area contributed by atoms with Crippen LogP contribution in [0.15, 0.2) is 34.9 Å². The minimum absolute atomic E-state index is 0.0556. The molecule has 3 aromatic rings. The zero-order valence-corrected chi connectivity index (χ0v) is 12.0. The molecule has 1 aromatic carbocycles. The van der Waals surface area contributed by atoms with Crippen molar-refractivity contribution < 1.29 is 9.90 Å². The van der Waals surface area contributed by atoms with Crippen molar-refractivity contribution in [3.63, 3.8) is 0 Å². The fourth-order valence-corrected chi connectivity index (χ4v) is 2.32. The average molecular weight is 333 g/mol. The van der Waals surface area contributed by atoms with Crippen LogP contribution in [0.5, 0.6) is 0 Å². The summed E-state index contributed by atoms with van der Waals surface area (Å²) in [6.07, 6.45) is 1.49. The van der Waals surface area contributed by atoms with E-state index < -0.39 is 5.97 Å². The predicted molar refractivity (Wildman–Crippen MR) is 76.1 cm³/mol. The van der Waals surface area contributed by atoms with E-state index in [0.29, 0.717) is 16.9 Å². The molecule has 0 spiro atoms. The Kier molecular flexibility index (Phi) is 2.98. The Balaban J connectivity index is 2.35. The topological polar surface area (TPSA) is 80.9 Å². The number of nitrogens with zero attached hydrogens (tertiary/aromatic N) is 4. The van der Waals surface area contributed by atoms with Crippen LogP contribution in [0.4, 0.5) is 0 Å². The van der Waals surface area contributed by atoms with Crippen LogP contribution in [-0.4, -0.2) is 30.8 Å². The molecule has 0 amide bonds. The molecule has 3 rings (SSSR count). The molecule has 7 heteroatoms. The van der Waals surface area contributed by atoms with Crippen molar-refractivity contribution >= 4 is 32.9 Å². The molecule has 0 unspecified atom stereocenters. The first kappa shape index (κ1) is 12.7. The maximum Gasteiger partial charge on any atom is 0.357 e. The van der Waals surface area contributed by atoms with Gasteiger partial charge in [-0.2, -0.15) is 5.10 Å². The van der Waals surface area contributed by atoms with Crippen molar-refractivity contribution in [3.05, 3.63) is 46.5 Å². The number of hydrogen-bond acceptors (Lipinski definition) is 4. The molecule has 20 heavy (non-hydrogen) atoms. The first-order valence-electron chi connectivity index (χ1n) is 5.78. The third-order valence-corrected chi connectivity index (χ3v) is 3.29. The Morgan fingerprint density at radius 1 is 1.40 bits per heavy atom. The van der Waals surface area contributed by atoms with Gasteiger partial charge in [0.1, 0.15) is 5.82 Å². The molecule has 0 aliphatic heterocycles. The molecule has 0 fully saturated rings. The molecule has 1 N–H and O–H groups in total. The monoisotopic (exact) mass is 332 g/mol. The van der Waals surface area contributed by atoms with E-state index in [0.717, 1.165) is 10.2 Å². The zero-order valence-electron chi connectivity index (χ0n) is 10.4. The second kappa shape index (κ2) is 4.68. The number of carboxylic acids is 1. The summed E-state index contributed by atoms with van der Waals surface area (Å²) in [5.41, 5.74) is 1.16. The number of benzene rings is 1. The Labute approximate surface area is 122 Å². The zero-order chi connectivity index (χ0) is 14.3. The highest BCUT2D eigenvalue weighted by molar-refractivity contribution is 9.10. The fourth-order valence-electron chi connectivity index (χ4n) is 1.93. The second-order valence-electron chi connectivity index (χ2n) is 4.20. The number of fused-ring (bicyclic) bond motifs is 1. The Morgan fingerprint density at radius 3 is 2.90 bits per heavy atom. The molecule has 2 aromatic heterocycles. The highest BCUT2D eigenvalue weighted by Gasteiger charge is 2.19. The first-order chi connectivity index (χ1) is 9.56. The summed E-state index contributed by atoms with van der Waals surface area (Å²) in [5.74, 6) is -0.540. The number of aryl methyl sites for hydroxylation is 1. The van der Waals surface area contributed by atoms with Gasteiger partial charge in [0.25, 0.3) is 0 Å². The van der Waals surface area contributed by atoms with Gasteiger partial charge in [-0.25, -0.2) is 19.4 Å². The van der Waals surface area contributed by atoms with Gasteiger partial charge in [-0.05, 0) is 25.1 Å². The second-order valence-corrected chi connectivity index (χ2v) is 5.12. The predicted octanol–water partition coefficient (Wildman–Crippen LogP) is 2.58. The van der Waals surface area contributed by atoms with E-state index in [2.05, 4.69) is 31.0 Å². The smallest absolute Gasteiger partial charge is 0.357 e. The van der Waals surface area contributed by atoms with E-state index in [-0.39, 0.29) is 5.69 Å². The molecular formula is C13H9BrN4O2. The van der Waals surface area contributed by atoms with Crippen molar-refractivity contribution in [1.29, 1.82) is 0 Å². The maximum atomic E-state index is 11.3. The van der Waals surface area contributed by atoms with Gasteiger partial charge in [-0.3, -0.25) is 0 Å². The molecule has 0 radical (unpaired) electrons. The van der Waals surface area contributed by atoms with Crippen molar-refractivity contribution in [2.75, 3.05) is 0 Å². The number of carboxylic acid groups (broad SMARTS) is 1. The van der Waals surface area contributed by atoms with Crippen LogP contribution < -0.4 is 0 Å². The Morgan fingerprint density at radius 2 is 2.20 bits per heavy atom. The molecular weight excluding hydrogens is 324 g/mol. The number of aromatic nitrogens is 4. The van der Waals surface area contributed by atoms with Gasteiger partial charge >= 0.3 is 5.97 Å². The molecule has 0 aliphatic carbocycles. The lowest BCUT2D eigenvalue weighted by molar-refractivity contribution is 0.0692. The van der Waals surface area contributed by atoms with Gasteiger partial charge in [0.05, 0.1) is 11.1 Å². The van der Waals surface area contributed by atoms with Crippen molar-refractivity contribution in [3.8, 4) is 5.69 Å². The summed E-state index contributed by atoms with van der Waals surface area (Å²) in [6.45, 7) is 1.75. The Bertz CT molecular complexity index is 828. The normalized spacial score (nSPS) is 10.9. The highest BCUT2D eigenvalue weighted by Crippen LogP contribution is 2.22. The van der Waals surface area contributed by atoms with Gasteiger partial charge in [-0.15, -0.1) is 0 Å². The summed E-state index contributed by atoms with van der Waals surface area (Å²) < 4.78 is 2.39. The van der Waals surface area contributed by atoms with Gasteiger partial charge in [0, 0.05) is 10.7 Å². The van der Waals surface area contributed by atoms with Crippen LogP contribution in [0.2, 0.25) is 0 Å². The van der Waals surface area contributed by atoms with Gasteiger partial charge in [-0.1, -0.05) is 22.0 Å². The molecule has 2 heterocycles. The molecule has 0 aliphatic rings. The van der Waals surface area contributed by atoms with E-state index in [1.54, 1.807) is 6.92 Å². The number of halogens is 1. The van der Waals surface area contributed by atoms with E-state index in [1.165, 1.54) is 10.9 Å². The third-order valence-electron chi connectivity index (χ3n) is 2.80. The van der Waals surface area contributed by atoms with Crippen molar-refractivity contribution in [1.82, 2.24) is 19.7 Å². The van der Waals surface area contributed by atoms with Crippen LogP contribution >= 0.6 is 15.9 Å². The fraction of sp³-hybridized carbons (Fsp3) is 0.0769. The van der Waals surface area contributed by atoms with E-state index in [4.69, 9.17) is 0 Å². The van der Waals surface area contributed by atoms with Crippen LogP contribution in [0.25, 0.3) is 16.7 Å². The molecule has 100 valence electrons. The number of hydrogen-bond donors (Lipinski definition) is 1. The van der Waals surface area contributed by atoms with Gasteiger partial charge < -0.3 is 5.11 Å². The molecule has 6 nitrogen and oxygen atoms in total. The van der Waals surface area contributed by atoms with Crippen molar-refractivity contribution in [2.45, 2.75) is 6.92 Å². The van der Waals surface area contributed by atoms with Gasteiger partial charge in [0.2, 0.25) is 0 Å². The van der Waals surface area contributed by atoms with E-state index in [9.17, 15) is 9.90 Å².